The molecule has 7 heteroatoms. The summed E-state index contributed by atoms with van der Waals surface area (Å²) in [5, 5.41) is 7.54. The number of amides is 1. The van der Waals surface area contributed by atoms with Crippen molar-refractivity contribution in [2.24, 2.45) is 0 Å². The van der Waals surface area contributed by atoms with E-state index in [1.165, 1.54) is 5.56 Å². The fourth-order valence-electron chi connectivity index (χ4n) is 4.41. The number of nitrogens with one attached hydrogen (secondary N) is 1. The summed E-state index contributed by atoms with van der Waals surface area (Å²) in [5.74, 6) is 1.47. The molecule has 1 N–H and O–H groups in total. The molecule has 1 fully saturated rings. The highest BCUT2D eigenvalue weighted by atomic mass is 16.5. The second-order valence-corrected chi connectivity index (χ2v) is 8.22. The highest BCUT2D eigenvalue weighted by Crippen LogP contribution is 2.28. The first-order chi connectivity index (χ1) is 16.2. The number of anilines is 1. The van der Waals surface area contributed by atoms with Crippen LogP contribution in [-0.4, -0.2) is 47.4 Å². The van der Waals surface area contributed by atoms with Gasteiger partial charge in [-0.05, 0) is 31.4 Å². The van der Waals surface area contributed by atoms with Crippen molar-refractivity contribution in [3.8, 4) is 5.75 Å². The number of carbonyl (C=O) groups excluding carboxylic acids is 1. The Morgan fingerprint density at radius 3 is 2.55 bits per heavy atom. The number of aromatic nitrogens is 2. The monoisotopic (exact) mass is 448 g/mol. The van der Waals surface area contributed by atoms with Gasteiger partial charge in [-0.1, -0.05) is 48.5 Å². The molecule has 4 rings (SSSR count). The topological polar surface area (TPSA) is 68.6 Å². The van der Waals surface area contributed by atoms with Crippen molar-refractivity contribution in [2.75, 3.05) is 32.1 Å². The number of likely N-dealkylation sites (tertiary alicyclic amines) is 1. The number of hydrogen-bond acceptors (Lipinski definition) is 5. The van der Waals surface area contributed by atoms with Crippen LogP contribution < -0.4 is 10.1 Å². The van der Waals surface area contributed by atoms with Gasteiger partial charge in [0.15, 0.2) is 6.10 Å². The van der Waals surface area contributed by atoms with Gasteiger partial charge in [0, 0.05) is 38.4 Å². The van der Waals surface area contributed by atoms with E-state index in [2.05, 4.69) is 27.4 Å². The minimum absolute atomic E-state index is 0.199. The first kappa shape index (κ1) is 23.0. The molecule has 0 bridgehead atoms. The molecule has 1 aromatic heterocycles. The number of hydrogen-bond donors (Lipinski definition) is 1. The van der Waals surface area contributed by atoms with E-state index in [4.69, 9.17) is 9.47 Å². The van der Waals surface area contributed by atoms with Crippen molar-refractivity contribution in [1.82, 2.24) is 14.7 Å². The number of carbonyl (C=O) groups is 1. The molecule has 1 amide bonds. The van der Waals surface area contributed by atoms with E-state index in [1.807, 2.05) is 60.1 Å². The fraction of sp³-hybridized carbons (Fsp3) is 0.385. The molecule has 1 saturated heterocycles. The average molecular weight is 449 g/mol. The molecule has 0 aliphatic carbocycles. The number of benzene rings is 2. The molecule has 7 nitrogen and oxygen atoms in total. The number of piperidine rings is 1. The van der Waals surface area contributed by atoms with E-state index in [0.717, 1.165) is 43.8 Å². The highest BCUT2D eigenvalue weighted by Gasteiger charge is 2.26. The first-order valence-electron chi connectivity index (χ1n) is 11.5. The van der Waals surface area contributed by atoms with Crippen molar-refractivity contribution in [3.05, 3.63) is 78.0 Å². The maximum atomic E-state index is 12.9. The third kappa shape index (κ3) is 5.61. The summed E-state index contributed by atoms with van der Waals surface area (Å²) in [4.78, 5) is 15.4. The predicted octanol–water partition coefficient (Wildman–Crippen LogP) is 4.45. The summed E-state index contributed by atoms with van der Waals surface area (Å²) in [5.41, 5.74) is 2.04. The number of nitrogens with zero attached hydrogens (tertiary/aromatic N) is 3. The van der Waals surface area contributed by atoms with Gasteiger partial charge in [-0.3, -0.25) is 9.69 Å². The molecule has 1 aliphatic heterocycles. The van der Waals surface area contributed by atoms with Gasteiger partial charge in [-0.15, -0.1) is 0 Å². The Balaban J connectivity index is 1.37. The largest absolute Gasteiger partial charge is 0.494 e. The Kier molecular flexibility index (Phi) is 7.75. The Labute approximate surface area is 195 Å². The molecule has 2 heterocycles. The maximum Gasteiger partial charge on any atom is 0.259 e. The van der Waals surface area contributed by atoms with Gasteiger partial charge in [0.25, 0.3) is 5.91 Å². The molecular formula is C26H32N4O3. The molecule has 3 aromatic rings. The van der Waals surface area contributed by atoms with Gasteiger partial charge in [0.2, 0.25) is 0 Å². The summed E-state index contributed by atoms with van der Waals surface area (Å²) in [6, 6.07) is 19.8. The summed E-state index contributed by atoms with van der Waals surface area (Å²) in [6.07, 6.45) is 3.01. The zero-order valence-corrected chi connectivity index (χ0v) is 19.3. The number of ether oxygens (including phenoxy) is 2. The van der Waals surface area contributed by atoms with Crippen LogP contribution in [0.4, 0.5) is 5.82 Å². The standard InChI is InChI=1S/C26H32N4O3/c1-3-33-23-12-8-7-11-21(23)19-29-17-14-22(15-18-29)30-24(13-16-27-30)28-26(31)25(32-2)20-9-5-4-6-10-20/h4-13,16,22,25H,3,14-15,17-19H2,1-2H3,(H,28,31). The van der Waals surface area contributed by atoms with Crippen LogP contribution in [0.1, 0.15) is 43.0 Å². The smallest absolute Gasteiger partial charge is 0.259 e. The van der Waals surface area contributed by atoms with Gasteiger partial charge in [0.1, 0.15) is 11.6 Å². The van der Waals surface area contributed by atoms with Crippen LogP contribution in [0.3, 0.4) is 0 Å². The Morgan fingerprint density at radius 1 is 1.09 bits per heavy atom. The summed E-state index contributed by atoms with van der Waals surface area (Å²) < 4.78 is 13.2. The molecule has 174 valence electrons. The van der Waals surface area contributed by atoms with Crippen LogP contribution >= 0.6 is 0 Å². The molecule has 0 radical (unpaired) electrons. The van der Waals surface area contributed by atoms with Gasteiger partial charge in [0.05, 0.1) is 18.8 Å². The fourth-order valence-corrected chi connectivity index (χ4v) is 4.41. The zero-order valence-electron chi connectivity index (χ0n) is 19.3. The number of methoxy groups -OCH3 is 1. The van der Waals surface area contributed by atoms with E-state index in [0.29, 0.717) is 12.4 Å². The highest BCUT2D eigenvalue weighted by molar-refractivity contribution is 5.94. The molecule has 2 aromatic carbocycles. The van der Waals surface area contributed by atoms with Crippen molar-refractivity contribution >= 4 is 11.7 Å². The number of rotatable bonds is 9. The van der Waals surface area contributed by atoms with Gasteiger partial charge < -0.3 is 14.8 Å². The molecule has 33 heavy (non-hydrogen) atoms. The molecule has 1 aliphatic rings. The normalized spacial score (nSPS) is 15.8. The Hall–Kier alpha value is -3.16. The molecule has 1 unspecified atom stereocenters. The van der Waals surface area contributed by atoms with Crippen LogP contribution in [0.2, 0.25) is 0 Å². The van der Waals surface area contributed by atoms with Gasteiger partial charge in [-0.25, -0.2) is 4.68 Å². The predicted molar refractivity (Wildman–Crippen MR) is 128 cm³/mol. The van der Waals surface area contributed by atoms with Crippen LogP contribution in [0, 0.1) is 0 Å². The first-order valence-corrected chi connectivity index (χ1v) is 11.5. The van der Waals surface area contributed by atoms with Crippen LogP contribution in [0.15, 0.2) is 66.9 Å². The van der Waals surface area contributed by atoms with Gasteiger partial charge in [-0.2, -0.15) is 5.10 Å². The lowest BCUT2D eigenvalue weighted by Gasteiger charge is -2.33. The SMILES string of the molecule is CCOc1ccccc1CN1CCC(n2nccc2NC(=O)C(OC)c2ccccc2)CC1. The van der Waals surface area contributed by atoms with E-state index in [9.17, 15) is 4.79 Å². The minimum atomic E-state index is -0.665. The van der Waals surface area contributed by atoms with E-state index in [-0.39, 0.29) is 11.9 Å². The van der Waals surface area contributed by atoms with E-state index >= 15 is 0 Å². The summed E-state index contributed by atoms with van der Waals surface area (Å²) >= 11 is 0. The second-order valence-electron chi connectivity index (χ2n) is 8.22. The molecule has 0 spiro atoms. The molecule has 0 saturated carbocycles. The van der Waals surface area contributed by atoms with Crippen molar-refractivity contribution in [2.45, 2.75) is 38.5 Å². The van der Waals surface area contributed by atoms with Crippen molar-refractivity contribution in [1.29, 1.82) is 0 Å². The number of para-hydroxylation sites is 1. The lowest BCUT2D eigenvalue weighted by Crippen LogP contribution is -2.35. The third-order valence-corrected chi connectivity index (χ3v) is 6.07. The van der Waals surface area contributed by atoms with Gasteiger partial charge >= 0.3 is 0 Å². The van der Waals surface area contributed by atoms with Crippen LogP contribution in [0.5, 0.6) is 5.75 Å². The average Bonchev–Trinajstić information content (AvgIpc) is 3.30. The van der Waals surface area contributed by atoms with Crippen LogP contribution in [0.25, 0.3) is 0 Å². The lowest BCUT2D eigenvalue weighted by molar-refractivity contribution is -0.126. The summed E-state index contributed by atoms with van der Waals surface area (Å²) in [6.45, 7) is 5.48. The molecule has 1 atom stereocenters. The van der Waals surface area contributed by atoms with E-state index in [1.54, 1.807) is 13.3 Å². The quantitative estimate of drug-likeness (QED) is 0.524. The Bertz CT molecular complexity index is 1030. The summed E-state index contributed by atoms with van der Waals surface area (Å²) in [7, 11) is 1.55. The third-order valence-electron chi connectivity index (χ3n) is 6.07. The lowest BCUT2D eigenvalue weighted by atomic mass is 10.0. The molecular weight excluding hydrogens is 416 g/mol. The Morgan fingerprint density at radius 2 is 1.82 bits per heavy atom. The maximum absolute atomic E-state index is 12.9. The second kappa shape index (κ2) is 11.1. The zero-order chi connectivity index (χ0) is 23.0. The van der Waals surface area contributed by atoms with E-state index < -0.39 is 6.10 Å². The van der Waals surface area contributed by atoms with Crippen LogP contribution in [-0.2, 0) is 16.1 Å². The van der Waals surface area contributed by atoms with Crippen molar-refractivity contribution in [3.63, 3.8) is 0 Å². The van der Waals surface area contributed by atoms with Crippen molar-refractivity contribution < 1.29 is 14.3 Å². The minimum Gasteiger partial charge on any atom is -0.494 e.